The molecule has 154 valence electrons. The average molecular weight is 427 g/mol. The van der Waals surface area contributed by atoms with E-state index in [-0.39, 0.29) is 31.1 Å². The maximum atomic E-state index is 12.4. The molecule has 0 heterocycles. The first-order chi connectivity index (χ1) is 14.6. The largest absolute Gasteiger partial charge is 0.490 e. The van der Waals surface area contributed by atoms with Crippen LogP contribution < -0.4 is 14.2 Å². The molecule has 3 aromatic carbocycles. The molecule has 3 aromatic rings. The molecule has 0 saturated carbocycles. The zero-order chi connectivity index (χ0) is 21.2. The van der Waals surface area contributed by atoms with Gasteiger partial charge in [0.15, 0.2) is 6.61 Å². The van der Waals surface area contributed by atoms with Gasteiger partial charge < -0.3 is 18.9 Å². The molecular formula is C23H19ClO6. The Morgan fingerprint density at radius 1 is 0.733 bits per heavy atom. The van der Waals surface area contributed by atoms with Gasteiger partial charge in [-0.3, -0.25) is 0 Å². The van der Waals surface area contributed by atoms with Gasteiger partial charge in [-0.1, -0.05) is 41.9 Å². The maximum absolute atomic E-state index is 12.4. The van der Waals surface area contributed by atoms with Crippen molar-refractivity contribution in [1.29, 1.82) is 0 Å². The fourth-order valence-corrected chi connectivity index (χ4v) is 2.56. The maximum Gasteiger partial charge on any atom is 0.349 e. The van der Waals surface area contributed by atoms with Gasteiger partial charge in [0.05, 0.1) is 0 Å². The van der Waals surface area contributed by atoms with Gasteiger partial charge in [-0.25, -0.2) is 9.59 Å². The molecule has 0 aliphatic rings. The van der Waals surface area contributed by atoms with Crippen LogP contribution in [0.5, 0.6) is 17.2 Å². The minimum Gasteiger partial charge on any atom is -0.490 e. The van der Waals surface area contributed by atoms with Crippen molar-refractivity contribution in [3.63, 3.8) is 0 Å². The first-order valence-electron chi connectivity index (χ1n) is 9.15. The molecule has 6 nitrogen and oxygen atoms in total. The van der Waals surface area contributed by atoms with Gasteiger partial charge in [-0.2, -0.15) is 0 Å². The van der Waals surface area contributed by atoms with Crippen molar-refractivity contribution < 1.29 is 28.5 Å². The highest BCUT2D eigenvalue weighted by atomic mass is 35.5. The zero-order valence-electron chi connectivity index (χ0n) is 16.0. The summed E-state index contributed by atoms with van der Waals surface area (Å²) < 4.78 is 21.3. The molecule has 0 aromatic heterocycles. The van der Waals surface area contributed by atoms with Crippen LogP contribution in [-0.2, 0) is 9.53 Å². The molecule has 0 saturated heterocycles. The fraction of sp³-hybridized carbons (Fsp3) is 0.130. The summed E-state index contributed by atoms with van der Waals surface area (Å²) in [6.07, 6.45) is 0. The van der Waals surface area contributed by atoms with E-state index in [0.29, 0.717) is 16.5 Å². The molecule has 0 unspecified atom stereocenters. The van der Waals surface area contributed by atoms with Crippen molar-refractivity contribution in [2.45, 2.75) is 0 Å². The summed E-state index contributed by atoms with van der Waals surface area (Å²) >= 11 is 5.81. The SMILES string of the molecule is O=C(COc1ccc(Cl)cc1)Oc1ccccc1C(=O)OCCOc1ccccc1. The number of ether oxygens (including phenoxy) is 4. The molecule has 0 fully saturated rings. The third-order valence-corrected chi connectivity index (χ3v) is 4.08. The van der Waals surface area contributed by atoms with E-state index in [1.165, 1.54) is 12.1 Å². The van der Waals surface area contributed by atoms with Gasteiger partial charge in [0.25, 0.3) is 0 Å². The number of para-hydroxylation sites is 2. The first kappa shape index (κ1) is 21.2. The Balaban J connectivity index is 1.49. The fourth-order valence-electron chi connectivity index (χ4n) is 2.44. The lowest BCUT2D eigenvalue weighted by Crippen LogP contribution is -2.20. The highest BCUT2D eigenvalue weighted by Crippen LogP contribution is 2.20. The Morgan fingerprint density at radius 3 is 2.17 bits per heavy atom. The molecule has 0 N–H and O–H groups in total. The summed E-state index contributed by atoms with van der Waals surface area (Å²) in [6.45, 7) is -0.0712. The van der Waals surface area contributed by atoms with Gasteiger partial charge in [-0.15, -0.1) is 0 Å². The van der Waals surface area contributed by atoms with Crippen molar-refractivity contribution >= 4 is 23.5 Å². The van der Waals surface area contributed by atoms with Crippen LogP contribution in [0.3, 0.4) is 0 Å². The molecule has 0 aliphatic heterocycles. The third kappa shape index (κ3) is 6.53. The Morgan fingerprint density at radius 2 is 1.40 bits per heavy atom. The predicted molar refractivity (Wildman–Crippen MR) is 111 cm³/mol. The lowest BCUT2D eigenvalue weighted by atomic mass is 10.2. The summed E-state index contributed by atoms with van der Waals surface area (Å²) in [5.74, 6) is -0.0199. The van der Waals surface area contributed by atoms with E-state index in [4.69, 9.17) is 30.5 Å². The van der Waals surface area contributed by atoms with E-state index in [1.54, 1.807) is 36.4 Å². The van der Waals surface area contributed by atoms with Crippen LogP contribution >= 0.6 is 11.6 Å². The number of benzene rings is 3. The molecule has 0 bridgehead atoms. The normalized spacial score (nSPS) is 10.2. The van der Waals surface area contributed by atoms with Crippen LogP contribution in [0.25, 0.3) is 0 Å². The Labute approximate surface area is 178 Å². The number of esters is 2. The molecule has 7 heteroatoms. The first-order valence-corrected chi connectivity index (χ1v) is 9.52. The number of carbonyl (C=O) groups is 2. The highest BCUT2D eigenvalue weighted by Gasteiger charge is 2.16. The van der Waals surface area contributed by atoms with Crippen LogP contribution in [0, 0.1) is 0 Å². The smallest absolute Gasteiger partial charge is 0.349 e. The Hall–Kier alpha value is -3.51. The van der Waals surface area contributed by atoms with E-state index in [2.05, 4.69) is 0 Å². The molecular weight excluding hydrogens is 408 g/mol. The summed E-state index contributed by atoms with van der Waals surface area (Å²) in [5, 5.41) is 0.562. The second kappa shape index (κ2) is 10.9. The van der Waals surface area contributed by atoms with Gasteiger partial charge in [0.1, 0.15) is 36.0 Å². The van der Waals surface area contributed by atoms with Crippen molar-refractivity contribution in [1.82, 2.24) is 0 Å². The predicted octanol–water partition coefficient (Wildman–Crippen LogP) is 4.56. The van der Waals surface area contributed by atoms with E-state index >= 15 is 0 Å². The standard InChI is InChI=1S/C23H19ClO6/c24-17-10-12-19(13-11-17)29-16-22(25)30-21-9-5-4-8-20(21)23(26)28-15-14-27-18-6-2-1-3-7-18/h1-13H,14-16H2. The zero-order valence-corrected chi connectivity index (χ0v) is 16.7. The summed E-state index contributed by atoms with van der Waals surface area (Å²) in [5.41, 5.74) is 0.136. The van der Waals surface area contributed by atoms with E-state index in [9.17, 15) is 9.59 Å². The quantitative estimate of drug-likeness (QED) is 0.284. The Kier molecular flexibility index (Phi) is 7.69. The topological polar surface area (TPSA) is 71.1 Å². The summed E-state index contributed by atoms with van der Waals surface area (Å²) in [4.78, 5) is 24.5. The number of rotatable bonds is 9. The summed E-state index contributed by atoms with van der Waals surface area (Å²) in [6, 6.07) is 22.1. The van der Waals surface area contributed by atoms with Crippen LogP contribution in [-0.4, -0.2) is 31.8 Å². The average Bonchev–Trinajstić information content (AvgIpc) is 2.77. The number of hydrogen-bond acceptors (Lipinski definition) is 6. The van der Waals surface area contributed by atoms with Crippen LogP contribution in [0.4, 0.5) is 0 Å². The van der Waals surface area contributed by atoms with Crippen LogP contribution in [0.1, 0.15) is 10.4 Å². The lowest BCUT2D eigenvalue weighted by molar-refractivity contribution is -0.136. The molecule has 0 radical (unpaired) electrons. The van der Waals surface area contributed by atoms with Crippen molar-refractivity contribution in [2.75, 3.05) is 19.8 Å². The second-order valence-electron chi connectivity index (χ2n) is 6.01. The van der Waals surface area contributed by atoms with E-state index < -0.39 is 11.9 Å². The number of hydrogen-bond donors (Lipinski definition) is 0. The van der Waals surface area contributed by atoms with Crippen molar-refractivity contribution in [2.24, 2.45) is 0 Å². The Bertz CT molecular complexity index is 972. The summed E-state index contributed by atoms with van der Waals surface area (Å²) in [7, 11) is 0. The number of carbonyl (C=O) groups excluding carboxylic acids is 2. The van der Waals surface area contributed by atoms with Gasteiger partial charge in [-0.05, 0) is 48.5 Å². The van der Waals surface area contributed by atoms with Crippen LogP contribution in [0.15, 0.2) is 78.9 Å². The van der Waals surface area contributed by atoms with Crippen molar-refractivity contribution in [3.05, 3.63) is 89.4 Å². The molecule has 30 heavy (non-hydrogen) atoms. The molecule has 0 atom stereocenters. The molecule has 3 rings (SSSR count). The third-order valence-electron chi connectivity index (χ3n) is 3.83. The number of halogens is 1. The van der Waals surface area contributed by atoms with Gasteiger partial charge in [0.2, 0.25) is 0 Å². The minimum absolute atomic E-state index is 0.0513. The molecule has 0 aliphatic carbocycles. The molecule has 0 amide bonds. The van der Waals surface area contributed by atoms with Gasteiger partial charge in [0, 0.05) is 5.02 Å². The highest BCUT2D eigenvalue weighted by molar-refractivity contribution is 6.30. The van der Waals surface area contributed by atoms with Gasteiger partial charge >= 0.3 is 11.9 Å². The van der Waals surface area contributed by atoms with E-state index in [0.717, 1.165) is 0 Å². The lowest BCUT2D eigenvalue weighted by Gasteiger charge is -2.11. The minimum atomic E-state index is -0.655. The van der Waals surface area contributed by atoms with E-state index in [1.807, 2.05) is 30.3 Å². The van der Waals surface area contributed by atoms with Crippen molar-refractivity contribution in [3.8, 4) is 17.2 Å². The second-order valence-corrected chi connectivity index (χ2v) is 6.45. The monoisotopic (exact) mass is 426 g/mol. The van der Waals surface area contributed by atoms with Crippen LogP contribution in [0.2, 0.25) is 5.02 Å². The molecule has 0 spiro atoms.